The number of hydrogen-bond donors (Lipinski definition) is 1. The third-order valence-corrected chi connectivity index (χ3v) is 4.24. The monoisotopic (exact) mass is 285 g/mol. The molecule has 2 heteroatoms. The fourth-order valence-corrected chi connectivity index (χ4v) is 2.59. The van der Waals surface area contributed by atoms with E-state index in [9.17, 15) is 0 Å². The Hall–Kier alpha value is -1.31. The minimum absolute atomic E-state index is 0.707. The molecule has 0 saturated heterocycles. The predicted octanol–water partition coefficient (Wildman–Crippen LogP) is 4.82. The van der Waals surface area contributed by atoms with Gasteiger partial charge >= 0.3 is 0 Å². The molecule has 0 aliphatic heterocycles. The van der Waals surface area contributed by atoms with Crippen molar-refractivity contribution in [2.45, 2.75) is 38.8 Å². The van der Waals surface area contributed by atoms with Crippen LogP contribution in [0.25, 0.3) is 11.1 Å². The van der Waals surface area contributed by atoms with Gasteiger partial charge in [-0.25, -0.2) is 0 Å². The summed E-state index contributed by atoms with van der Waals surface area (Å²) in [5.41, 5.74) is 5.08. The van der Waals surface area contributed by atoms with Crippen LogP contribution in [0.2, 0.25) is 5.02 Å². The number of nitrogens with one attached hydrogen (secondary N) is 1. The fraction of sp³-hybridized carbons (Fsp3) is 0.333. The van der Waals surface area contributed by atoms with Crippen molar-refractivity contribution < 1.29 is 0 Å². The van der Waals surface area contributed by atoms with E-state index in [-0.39, 0.29) is 0 Å². The lowest BCUT2D eigenvalue weighted by Crippen LogP contribution is -2.15. The average molecular weight is 286 g/mol. The van der Waals surface area contributed by atoms with E-state index >= 15 is 0 Å². The molecule has 1 aliphatic carbocycles. The van der Waals surface area contributed by atoms with Crippen molar-refractivity contribution in [2.24, 2.45) is 0 Å². The van der Waals surface area contributed by atoms with E-state index in [1.807, 2.05) is 6.07 Å². The second-order valence-electron chi connectivity index (χ2n) is 5.52. The van der Waals surface area contributed by atoms with Crippen LogP contribution in [-0.2, 0) is 13.0 Å². The Morgan fingerprint density at radius 1 is 1.10 bits per heavy atom. The zero-order valence-corrected chi connectivity index (χ0v) is 12.6. The molecule has 0 heterocycles. The topological polar surface area (TPSA) is 12.0 Å². The van der Waals surface area contributed by atoms with Gasteiger partial charge in [0.05, 0.1) is 0 Å². The molecule has 2 aromatic carbocycles. The van der Waals surface area contributed by atoms with Gasteiger partial charge in [-0.3, -0.25) is 0 Å². The Kier molecular flexibility index (Phi) is 4.09. The van der Waals surface area contributed by atoms with Gasteiger partial charge in [-0.2, -0.15) is 0 Å². The predicted molar refractivity (Wildman–Crippen MR) is 86.1 cm³/mol. The van der Waals surface area contributed by atoms with Crippen LogP contribution in [0.3, 0.4) is 0 Å². The maximum Gasteiger partial charge on any atom is 0.0451 e. The molecule has 20 heavy (non-hydrogen) atoms. The van der Waals surface area contributed by atoms with Crippen molar-refractivity contribution >= 4 is 11.6 Å². The standard InChI is InChI=1S/C18H20ClN/c1-2-13-4-3-5-14(10-13)15-6-9-18(19)16(11-15)12-20-17-7-8-17/h3-6,9-11,17,20H,2,7-8,12H2,1H3. The molecule has 0 spiro atoms. The minimum Gasteiger partial charge on any atom is -0.310 e. The molecule has 0 radical (unpaired) electrons. The molecule has 0 unspecified atom stereocenters. The van der Waals surface area contributed by atoms with E-state index in [4.69, 9.17) is 11.6 Å². The Morgan fingerprint density at radius 3 is 2.65 bits per heavy atom. The molecule has 104 valence electrons. The Labute approximate surface area is 126 Å². The number of benzene rings is 2. The lowest BCUT2D eigenvalue weighted by Gasteiger charge is -2.10. The normalized spacial score (nSPS) is 14.5. The smallest absolute Gasteiger partial charge is 0.0451 e. The summed E-state index contributed by atoms with van der Waals surface area (Å²) in [6.07, 6.45) is 3.67. The number of rotatable bonds is 5. The number of aryl methyl sites for hydroxylation is 1. The molecule has 0 aromatic heterocycles. The average Bonchev–Trinajstić information content (AvgIpc) is 3.31. The Balaban J connectivity index is 1.86. The van der Waals surface area contributed by atoms with Crippen LogP contribution in [0.4, 0.5) is 0 Å². The summed E-state index contributed by atoms with van der Waals surface area (Å²) in [7, 11) is 0. The van der Waals surface area contributed by atoms with Crippen LogP contribution in [0.15, 0.2) is 42.5 Å². The van der Waals surface area contributed by atoms with Crippen molar-refractivity contribution in [1.82, 2.24) is 5.32 Å². The van der Waals surface area contributed by atoms with Gasteiger partial charge in [-0.05, 0) is 53.6 Å². The van der Waals surface area contributed by atoms with Gasteiger partial charge in [0.2, 0.25) is 0 Å². The van der Waals surface area contributed by atoms with E-state index in [0.717, 1.165) is 18.0 Å². The second-order valence-corrected chi connectivity index (χ2v) is 5.92. The highest BCUT2D eigenvalue weighted by molar-refractivity contribution is 6.31. The van der Waals surface area contributed by atoms with E-state index in [1.54, 1.807) is 0 Å². The zero-order valence-electron chi connectivity index (χ0n) is 11.8. The van der Waals surface area contributed by atoms with Crippen molar-refractivity contribution in [2.75, 3.05) is 0 Å². The van der Waals surface area contributed by atoms with E-state index in [1.165, 1.54) is 35.1 Å². The van der Waals surface area contributed by atoms with Crippen molar-refractivity contribution in [3.8, 4) is 11.1 Å². The molecule has 2 aromatic rings. The maximum atomic E-state index is 6.31. The van der Waals surface area contributed by atoms with Gasteiger partial charge in [0, 0.05) is 17.6 Å². The highest BCUT2D eigenvalue weighted by Gasteiger charge is 2.20. The minimum atomic E-state index is 0.707. The van der Waals surface area contributed by atoms with E-state index in [2.05, 4.69) is 48.6 Å². The SMILES string of the molecule is CCc1cccc(-c2ccc(Cl)c(CNC3CC3)c2)c1. The van der Waals surface area contributed by atoms with Gasteiger partial charge in [-0.15, -0.1) is 0 Å². The Bertz CT molecular complexity index is 602. The first-order valence-corrected chi connectivity index (χ1v) is 7.75. The van der Waals surface area contributed by atoms with Gasteiger partial charge in [-0.1, -0.05) is 48.9 Å². The summed E-state index contributed by atoms with van der Waals surface area (Å²) in [6, 6.07) is 15.8. The first kappa shape index (κ1) is 13.7. The molecule has 1 saturated carbocycles. The van der Waals surface area contributed by atoms with Gasteiger partial charge in [0.15, 0.2) is 0 Å². The molecular formula is C18H20ClN. The van der Waals surface area contributed by atoms with Crippen molar-refractivity contribution in [1.29, 1.82) is 0 Å². The molecule has 1 aliphatic rings. The number of hydrogen-bond acceptors (Lipinski definition) is 1. The first-order chi connectivity index (χ1) is 9.76. The molecule has 0 bridgehead atoms. The van der Waals surface area contributed by atoms with Crippen LogP contribution >= 0.6 is 11.6 Å². The summed E-state index contributed by atoms with van der Waals surface area (Å²) in [5.74, 6) is 0. The van der Waals surface area contributed by atoms with Crippen LogP contribution in [0.5, 0.6) is 0 Å². The third-order valence-electron chi connectivity index (χ3n) is 3.87. The van der Waals surface area contributed by atoms with Gasteiger partial charge < -0.3 is 5.32 Å². The second kappa shape index (κ2) is 5.99. The van der Waals surface area contributed by atoms with Crippen molar-refractivity contribution in [3.05, 3.63) is 58.6 Å². The Morgan fingerprint density at radius 2 is 1.90 bits per heavy atom. The van der Waals surface area contributed by atoms with Crippen molar-refractivity contribution in [3.63, 3.8) is 0 Å². The van der Waals surface area contributed by atoms with Gasteiger partial charge in [0.25, 0.3) is 0 Å². The van der Waals surface area contributed by atoms with Gasteiger partial charge in [0.1, 0.15) is 0 Å². The summed E-state index contributed by atoms with van der Waals surface area (Å²) in [5, 5.41) is 4.39. The molecule has 1 N–H and O–H groups in total. The van der Waals surface area contributed by atoms with Crippen LogP contribution < -0.4 is 5.32 Å². The van der Waals surface area contributed by atoms with E-state index < -0.39 is 0 Å². The van der Waals surface area contributed by atoms with Crippen LogP contribution in [0, 0.1) is 0 Å². The quantitative estimate of drug-likeness (QED) is 0.830. The highest BCUT2D eigenvalue weighted by atomic mass is 35.5. The third kappa shape index (κ3) is 3.23. The molecule has 3 rings (SSSR count). The summed E-state index contributed by atoms with van der Waals surface area (Å²) >= 11 is 6.31. The first-order valence-electron chi connectivity index (χ1n) is 7.37. The summed E-state index contributed by atoms with van der Waals surface area (Å²) in [6.45, 7) is 3.05. The molecule has 1 fully saturated rings. The molecular weight excluding hydrogens is 266 g/mol. The lowest BCUT2D eigenvalue weighted by atomic mass is 10.0. The molecule has 0 amide bonds. The lowest BCUT2D eigenvalue weighted by molar-refractivity contribution is 0.688. The van der Waals surface area contributed by atoms with Crippen LogP contribution in [0.1, 0.15) is 30.9 Å². The molecule has 0 atom stereocenters. The highest BCUT2D eigenvalue weighted by Crippen LogP contribution is 2.27. The zero-order chi connectivity index (χ0) is 13.9. The fourth-order valence-electron chi connectivity index (χ4n) is 2.40. The van der Waals surface area contributed by atoms with E-state index in [0.29, 0.717) is 6.04 Å². The summed E-state index contributed by atoms with van der Waals surface area (Å²) in [4.78, 5) is 0. The molecule has 1 nitrogen and oxygen atoms in total. The largest absolute Gasteiger partial charge is 0.310 e. The number of halogens is 1. The van der Waals surface area contributed by atoms with Crippen LogP contribution in [-0.4, -0.2) is 6.04 Å². The maximum absolute atomic E-state index is 6.31. The summed E-state index contributed by atoms with van der Waals surface area (Å²) < 4.78 is 0.